The number of hydrogen-bond donors (Lipinski definition) is 2. The lowest BCUT2D eigenvalue weighted by Crippen LogP contribution is -2.28. The Morgan fingerprint density at radius 1 is 1.04 bits per heavy atom. The van der Waals surface area contributed by atoms with Gasteiger partial charge in [0.05, 0.1) is 6.54 Å². The summed E-state index contributed by atoms with van der Waals surface area (Å²) in [5, 5.41) is 11.8. The molecule has 3 aromatic rings. The Hall–Kier alpha value is -2.44. The minimum Gasteiger partial charge on any atom is -0.358 e. The zero-order chi connectivity index (χ0) is 17.6. The molecule has 0 saturated carbocycles. The quantitative estimate of drug-likeness (QED) is 0.656. The van der Waals surface area contributed by atoms with Gasteiger partial charge in [-0.3, -0.25) is 4.68 Å². The summed E-state index contributed by atoms with van der Waals surface area (Å²) in [6.45, 7) is 1.16. The first-order chi connectivity index (χ1) is 12.1. The highest BCUT2D eigenvalue weighted by Gasteiger charge is 2.03. The van der Waals surface area contributed by atoms with Gasteiger partial charge in [0.2, 0.25) is 0 Å². The van der Waals surface area contributed by atoms with E-state index < -0.39 is 0 Å². The summed E-state index contributed by atoms with van der Waals surface area (Å²) in [6, 6.07) is 15.7. The van der Waals surface area contributed by atoms with Gasteiger partial charge in [0.1, 0.15) is 5.82 Å². The molecule has 128 valence electrons. The van der Waals surface area contributed by atoms with E-state index in [2.05, 4.69) is 15.7 Å². The average molecular weight is 375 g/mol. The number of anilines is 1. The van der Waals surface area contributed by atoms with Crippen LogP contribution in [0.1, 0.15) is 11.1 Å². The minimum atomic E-state index is -0.247. The van der Waals surface area contributed by atoms with E-state index >= 15 is 0 Å². The molecule has 4 nitrogen and oxygen atoms in total. The zero-order valence-corrected chi connectivity index (χ0v) is 14.8. The van der Waals surface area contributed by atoms with Crippen LogP contribution >= 0.6 is 23.8 Å². The maximum Gasteiger partial charge on any atom is 0.172 e. The number of nitrogens with zero attached hydrogens (tertiary/aromatic N) is 2. The first-order valence-corrected chi connectivity index (χ1v) is 8.44. The third-order valence-electron chi connectivity index (χ3n) is 3.51. The lowest BCUT2D eigenvalue weighted by atomic mass is 10.2. The number of hydrogen-bond acceptors (Lipinski definition) is 2. The van der Waals surface area contributed by atoms with Crippen LogP contribution in [0.4, 0.5) is 10.2 Å². The number of halogens is 2. The molecular weight excluding hydrogens is 359 g/mol. The van der Waals surface area contributed by atoms with Gasteiger partial charge in [-0.2, -0.15) is 5.10 Å². The fourth-order valence-corrected chi connectivity index (χ4v) is 2.54. The van der Waals surface area contributed by atoms with Crippen LogP contribution in [0.25, 0.3) is 0 Å². The van der Waals surface area contributed by atoms with E-state index in [-0.39, 0.29) is 5.82 Å². The molecule has 0 atom stereocenters. The van der Waals surface area contributed by atoms with E-state index in [9.17, 15) is 4.39 Å². The van der Waals surface area contributed by atoms with Crippen molar-refractivity contribution in [2.75, 3.05) is 5.32 Å². The van der Waals surface area contributed by atoms with Gasteiger partial charge < -0.3 is 10.6 Å². The molecule has 7 heteroatoms. The number of rotatable bonds is 5. The second-order valence-corrected chi connectivity index (χ2v) is 6.30. The number of benzene rings is 2. The van der Waals surface area contributed by atoms with Crippen molar-refractivity contribution in [1.82, 2.24) is 15.1 Å². The van der Waals surface area contributed by atoms with Gasteiger partial charge in [0.15, 0.2) is 10.9 Å². The monoisotopic (exact) mass is 374 g/mol. The predicted octanol–water partition coefficient (Wildman–Crippen LogP) is 4.21. The number of aromatic nitrogens is 2. The molecule has 2 aromatic carbocycles. The molecule has 0 fully saturated rings. The van der Waals surface area contributed by atoms with Crippen molar-refractivity contribution in [2.24, 2.45) is 0 Å². The van der Waals surface area contributed by atoms with E-state index in [0.29, 0.717) is 29.0 Å². The van der Waals surface area contributed by atoms with Crippen LogP contribution in [-0.4, -0.2) is 14.9 Å². The van der Waals surface area contributed by atoms with Crippen LogP contribution in [-0.2, 0) is 13.1 Å². The highest BCUT2D eigenvalue weighted by molar-refractivity contribution is 7.80. The van der Waals surface area contributed by atoms with E-state index in [1.807, 2.05) is 36.5 Å². The Labute approximate surface area is 155 Å². The molecule has 1 heterocycles. The number of thiocarbonyl (C=S) groups is 1. The second-order valence-electron chi connectivity index (χ2n) is 5.46. The van der Waals surface area contributed by atoms with E-state index in [1.165, 1.54) is 12.1 Å². The largest absolute Gasteiger partial charge is 0.358 e. The maximum atomic E-state index is 12.9. The first kappa shape index (κ1) is 17.4. The molecule has 0 amide bonds. The zero-order valence-electron chi connectivity index (χ0n) is 13.2. The fourth-order valence-electron chi connectivity index (χ4n) is 2.24. The van der Waals surface area contributed by atoms with Crippen LogP contribution in [0.5, 0.6) is 0 Å². The highest BCUT2D eigenvalue weighted by atomic mass is 35.5. The van der Waals surface area contributed by atoms with Gasteiger partial charge in [-0.25, -0.2) is 4.39 Å². The fraction of sp³-hybridized carbons (Fsp3) is 0.111. The van der Waals surface area contributed by atoms with E-state index in [1.54, 1.807) is 16.8 Å². The summed E-state index contributed by atoms with van der Waals surface area (Å²) < 4.78 is 14.7. The van der Waals surface area contributed by atoms with Crippen molar-refractivity contribution in [2.45, 2.75) is 13.1 Å². The molecule has 0 unspecified atom stereocenters. The third-order valence-corrected chi connectivity index (χ3v) is 4.00. The van der Waals surface area contributed by atoms with Crippen LogP contribution in [0, 0.1) is 5.82 Å². The Kier molecular flexibility index (Phi) is 5.63. The molecule has 0 aliphatic rings. The van der Waals surface area contributed by atoms with Gasteiger partial charge in [-0.1, -0.05) is 35.9 Å². The normalized spacial score (nSPS) is 10.5. The lowest BCUT2D eigenvalue weighted by Gasteiger charge is -2.08. The molecule has 0 saturated heterocycles. The summed E-state index contributed by atoms with van der Waals surface area (Å²) >= 11 is 11.1. The van der Waals surface area contributed by atoms with Crippen molar-refractivity contribution >= 4 is 34.7 Å². The van der Waals surface area contributed by atoms with Gasteiger partial charge in [0, 0.05) is 23.8 Å². The van der Waals surface area contributed by atoms with Crippen LogP contribution in [0.15, 0.2) is 60.8 Å². The molecule has 1 aromatic heterocycles. The highest BCUT2D eigenvalue weighted by Crippen LogP contribution is 2.10. The summed E-state index contributed by atoms with van der Waals surface area (Å²) in [4.78, 5) is 0. The van der Waals surface area contributed by atoms with Crippen molar-refractivity contribution in [3.63, 3.8) is 0 Å². The predicted molar refractivity (Wildman–Crippen MR) is 102 cm³/mol. The van der Waals surface area contributed by atoms with Crippen LogP contribution in [0.2, 0.25) is 5.02 Å². The topological polar surface area (TPSA) is 41.9 Å². The molecule has 0 aliphatic carbocycles. The smallest absolute Gasteiger partial charge is 0.172 e. The number of nitrogens with one attached hydrogen (secondary N) is 2. The molecule has 3 rings (SSSR count). The molecular formula is C18H16ClFN4S. The van der Waals surface area contributed by atoms with Crippen molar-refractivity contribution in [3.05, 3.63) is 82.8 Å². The van der Waals surface area contributed by atoms with E-state index in [0.717, 1.165) is 11.1 Å². The van der Waals surface area contributed by atoms with Gasteiger partial charge in [-0.15, -0.1) is 0 Å². The summed E-state index contributed by atoms with van der Waals surface area (Å²) in [5.41, 5.74) is 2.05. The SMILES string of the molecule is Fc1ccc(Cn2ccc(NC(=S)NCc3ccc(Cl)cc3)n2)cc1. The molecule has 0 radical (unpaired) electrons. The Bertz CT molecular complexity index is 846. The molecule has 2 N–H and O–H groups in total. The van der Waals surface area contributed by atoms with Gasteiger partial charge in [-0.05, 0) is 47.6 Å². The first-order valence-electron chi connectivity index (χ1n) is 7.66. The Morgan fingerprint density at radius 2 is 1.72 bits per heavy atom. The van der Waals surface area contributed by atoms with Crippen molar-refractivity contribution in [1.29, 1.82) is 0 Å². The van der Waals surface area contributed by atoms with E-state index in [4.69, 9.17) is 23.8 Å². The second kappa shape index (κ2) is 8.09. The molecule has 0 bridgehead atoms. The van der Waals surface area contributed by atoms with Gasteiger partial charge >= 0.3 is 0 Å². The molecule has 25 heavy (non-hydrogen) atoms. The van der Waals surface area contributed by atoms with Crippen LogP contribution < -0.4 is 10.6 Å². The summed E-state index contributed by atoms with van der Waals surface area (Å²) in [5.74, 6) is 0.402. The minimum absolute atomic E-state index is 0.247. The van der Waals surface area contributed by atoms with Gasteiger partial charge in [0.25, 0.3) is 0 Å². The Morgan fingerprint density at radius 3 is 2.44 bits per heavy atom. The summed E-state index contributed by atoms with van der Waals surface area (Å²) in [7, 11) is 0. The Balaban J connectivity index is 1.51. The standard InChI is InChI=1S/C18H16ClFN4S/c19-15-5-1-13(2-6-15)11-21-18(25)22-17-9-10-24(23-17)12-14-3-7-16(20)8-4-14/h1-10H,11-12H2,(H2,21,22,23,25). The average Bonchev–Trinajstić information content (AvgIpc) is 3.03. The third kappa shape index (κ3) is 5.27. The van der Waals surface area contributed by atoms with Crippen LogP contribution in [0.3, 0.4) is 0 Å². The summed E-state index contributed by atoms with van der Waals surface area (Å²) in [6.07, 6.45) is 1.84. The van der Waals surface area contributed by atoms with Crippen molar-refractivity contribution in [3.8, 4) is 0 Å². The molecule has 0 aliphatic heterocycles. The molecule has 0 spiro atoms. The van der Waals surface area contributed by atoms with Crippen molar-refractivity contribution < 1.29 is 4.39 Å². The lowest BCUT2D eigenvalue weighted by molar-refractivity contribution is 0.624. The maximum absolute atomic E-state index is 12.9.